The summed E-state index contributed by atoms with van der Waals surface area (Å²) in [5.41, 5.74) is 3.77. The van der Waals surface area contributed by atoms with Crippen molar-refractivity contribution in [3.05, 3.63) is 65.0 Å². The Kier molecular flexibility index (Phi) is 6.11. The van der Waals surface area contributed by atoms with Crippen molar-refractivity contribution in [3.63, 3.8) is 0 Å². The fourth-order valence-electron chi connectivity index (χ4n) is 3.19. The average Bonchev–Trinajstić information content (AvgIpc) is 3.19. The largest absolute Gasteiger partial charge is 0.338 e. The van der Waals surface area contributed by atoms with E-state index in [0.717, 1.165) is 16.7 Å². The summed E-state index contributed by atoms with van der Waals surface area (Å²) in [6, 6.07) is 12.2. The number of amides is 3. The number of likely N-dealkylation sites (N-methyl/N-ethyl adjacent to an activating group) is 1. The Hall–Kier alpha value is -3.73. The molecule has 2 aromatic rings. The fourth-order valence-corrected chi connectivity index (χ4v) is 3.19. The van der Waals surface area contributed by atoms with Gasteiger partial charge in [0, 0.05) is 20.2 Å². The molecular weight excluding hydrogens is 380 g/mol. The van der Waals surface area contributed by atoms with Gasteiger partial charge in [-0.15, -0.1) is 0 Å². The van der Waals surface area contributed by atoms with Crippen molar-refractivity contribution < 1.29 is 9.59 Å². The van der Waals surface area contributed by atoms with Crippen LogP contribution in [0.5, 0.6) is 0 Å². The molecule has 1 N–H and O–H groups in total. The number of aryl methyl sites for hydroxylation is 1. The van der Waals surface area contributed by atoms with Gasteiger partial charge in [0.15, 0.2) is 0 Å². The molecule has 2 atom stereocenters. The van der Waals surface area contributed by atoms with E-state index in [1.54, 1.807) is 30.3 Å². The molecule has 0 spiro atoms. The number of pyridine rings is 1. The molecule has 8 heteroatoms. The maximum atomic E-state index is 12.9. The standard InChI is InChI=1S/C22H24N6O2/c1-14-5-7-17(8-6-14)21-20(27(4)16(3)29)13-28(26-21)22(30)25-15(2)18-9-10-19(11-23)24-12-18/h5-10,12,15,20H,13H2,1-4H3,(H,25,30)/t15-,20+/m1/s1. The van der Waals surface area contributed by atoms with Crippen molar-refractivity contribution in [1.82, 2.24) is 20.2 Å². The maximum Gasteiger partial charge on any atom is 0.338 e. The summed E-state index contributed by atoms with van der Waals surface area (Å²) in [7, 11) is 1.71. The lowest BCUT2D eigenvalue weighted by molar-refractivity contribution is -0.128. The second-order valence-corrected chi connectivity index (χ2v) is 7.34. The van der Waals surface area contributed by atoms with Gasteiger partial charge in [-0.1, -0.05) is 35.9 Å². The van der Waals surface area contributed by atoms with E-state index in [4.69, 9.17) is 5.26 Å². The number of hydrogen-bond acceptors (Lipinski definition) is 5. The minimum Gasteiger partial charge on any atom is -0.335 e. The lowest BCUT2D eigenvalue weighted by Crippen LogP contribution is -2.45. The van der Waals surface area contributed by atoms with Gasteiger partial charge in [0.2, 0.25) is 5.91 Å². The van der Waals surface area contributed by atoms with Gasteiger partial charge in [-0.3, -0.25) is 4.79 Å². The van der Waals surface area contributed by atoms with Crippen LogP contribution in [-0.2, 0) is 4.79 Å². The summed E-state index contributed by atoms with van der Waals surface area (Å²) in [6.07, 6.45) is 1.57. The number of carbonyl (C=O) groups is 2. The molecule has 1 aliphatic heterocycles. The van der Waals surface area contributed by atoms with E-state index in [2.05, 4.69) is 15.4 Å². The highest BCUT2D eigenvalue weighted by Crippen LogP contribution is 2.20. The molecule has 1 aromatic heterocycles. The summed E-state index contributed by atoms with van der Waals surface area (Å²) in [5.74, 6) is -0.0981. The Labute approximate surface area is 175 Å². The van der Waals surface area contributed by atoms with Gasteiger partial charge >= 0.3 is 6.03 Å². The van der Waals surface area contributed by atoms with Crippen molar-refractivity contribution in [2.75, 3.05) is 13.6 Å². The smallest absolute Gasteiger partial charge is 0.335 e. The molecule has 0 radical (unpaired) electrons. The molecule has 154 valence electrons. The lowest BCUT2D eigenvalue weighted by atomic mass is 10.0. The molecule has 0 saturated heterocycles. The average molecular weight is 404 g/mol. The third-order valence-electron chi connectivity index (χ3n) is 5.18. The minimum absolute atomic E-state index is 0.0981. The number of nitrogens with zero attached hydrogens (tertiary/aromatic N) is 5. The molecule has 0 unspecified atom stereocenters. The lowest BCUT2D eigenvalue weighted by Gasteiger charge is -2.25. The van der Waals surface area contributed by atoms with E-state index in [1.165, 1.54) is 11.9 Å². The van der Waals surface area contributed by atoms with E-state index < -0.39 is 0 Å². The Morgan fingerprint density at radius 3 is 2.53 bits per heavy atom. The van der Waals surface area contributed by atoms with E-state index in [-0.39, 0.29) is 30.6 Å². The first-order valence-electron chi connectivity index (χ1n) is 9.63. The molecular formula is C22H24N6O2. The van der Waals surface area contributed by atoms with Crippen LogP contribution in [0, 0.1) is 18.3 Å². The van der Waals surface area contributed by atoms with Crippen LogP contribution in [0.1, 0.15) is 42.3 Å². The summed E-state index contributed by atoms with van der Waals surface area (Å²) in [6.45, 7) is 5.60. The highest BCUT2D eigenvalue weighted by Gasteiger charge is 2.35. The Balaban J connectivity index is 1.80. The van der Waals surface area contributed by atoms with Crippen LogP contribution < -0.4 is 5.32 Å². The third-order valence-corrected chi connectivity index (χ3v) is 5.18. The van der Waals surface area contributed by atoms with Crippen LogP contribution in [-0.4, -0.2) is 52.2 Å². The second kappa shape index (κ2) is 8.74. The summed E-state index contributed by atoms with van der Waals surface area (Å²) >= 11 is 0. The van der Waals surface area contributed by atoms with E-state index in [0.29, 0.717) is 11.4 Å². The number of hydrazone groups is 1. The van der Waals surface area contributed by atoms with Crippen molar-refractivity contribution in [2.24, 2.45) is 5.10 Å². The number of carbonyl (C=O) groups excluding carboxylic acids is 2. The third kappa shape index (κ3) is 4.46. The van der Waals surface area contributed by atoms with Crippen molar-refractivity contribution in [3.8, 4) is 6.07 Å². The zero-order valence-electron chi connectivity index (χ0n) is 17.5. The quantitative estimate of drug-likeness (QED) is 0.846. The van der Waals surface area contributed by atoms with Gasteiger partial charge in [-0.05, 0) is 31.0 Å². The summed E-state index contributed by atoms with van der Waals surface area (Å²) in [5, 5.41) is 17.7. The Morgan fingerprint density at radius 2 is 1.97 bits per heavy atom. The maximum absolute atomic E-state index is 12.9. The van der Waals surface area contributed by atoms with Gasteiger partial charge in [0.1, 0.15) is 11.8 Å². The van der Waals surface area contributed by atoms with Gasteiger partial charge in [0.05, 0.1) is 24.3 Å². The number of hydrogen-bond donors (Lipinski definition) is 1. The topological polar surface area (TPSA) is 102 Å². The first kappa shape index (κ1) is 21.0. The van der Waals surface area contributed by atoms with Gasteiger partial charge in [0.25, 0.3) is 0 Å². The molecule has 0 saturated carbocycles. The Morgan fingerprint density at radius 1 is 1.27 bits per heavy atom. The van der Waals surface area contributed by atoms with Crippen LogP contribution >= 0.6 is 0 Å². The van der Waals surface area contributed by atoms with Crippen molar-refractivity contribution in [1.29, 1.82) is 5.26 Å². The minimum atomic E-state index is -0.365. The Bertz CT molecular complexity index is 1010. The number of aromatic nitrogens is 1. The molecule has 3 rings (SSSR count). The van der Waals surface area contributed by atoms with Crippen molar-refractivity contribution in [2.45, 2.75) is 32.9 Å². The van der Waals surface area contributed by atoms with Crippen LogP contribution in [0.15, 0.2) is 47.7 Å². The molecule has 8 nitrogen and oxygen atoms in total. The first-order chi connectivity index (χ1) is 14.3. The first-order valence-corrected chi connectivity index (χ1v) is 9.63. The van der Waals surface area contributed by atoms with E-state index in [1.807, 2.05) is 44.2 Å². The zero-order valence-corrected chi connectivity index (χ0v) is 17.5. The predicted octanol–water partition coefficient (Wildman–Crippen LogP) is 2.60. The molecule has 1 aromatic carbocycles. The number of urea groups is 1. The predicted molar refractivity (Wildman–Crippen MR) is 113 cm³/mol. The van der Waals surface area contributed by atoms with Gasteiger partial charge in [-0.2, -0.15) is 10.4 Å². The molecule has 0 aliphatic carbocycles. The van der Waals surface area contributed by atoms with Crippen LogP contribution in [0.2, 0.25) is 0 Å². The van der Waals surface area contributed by atoms with Crippen LogP contribution in [0.25, 0.3) is 0 Å². The highest BCUT2D eigenvalue weighted by atomic mass is 16.2. The van der Waals surface area contributed by atoms with Crippen LogP contribution in [0.4, 0.5) is 4.79 Å². The number of nitrogens with one attached hydrogen (secondary N) is 1. The molecule has 3 amide bonds. The SMILES string of the molecule is CC(=O)N(C)[C@H]1CN(C(=O)N[C@H](C)c2ccc(C#N)nc2)N=C1c1ccc(C)cc1. The highest BCUT2D eigenvalue weighted by molar-refractivity contribution is 6.07. The summed E-state index contributed by atoms with van der Waals surface area (Å²) in [4.78, 5) is 30.5. The zero-order chi connectivity index (χ0) is 21.8. The van der Waals surface area contributed by atoms with Gasteiger partial charge < -0.3 is 10.2 Å². The number of nitriles is 1. The van der Waals surface area contributed by atoms with Gasteiger partial charge in [-0.25, -0.2) is 14.8 Å². The number of benzene rings is 1. The van der Waals surface area contributed by atoms with Crippen molar-refractivity contribution >= 4 is 17.6 Å². The van der Waals surface area contributed by atoms with E-state index >= 15 is 0 Å². The monoisotopic (exact) mass is 404 g/mol. The molecule has 0 fully saturated rings. The normalized spacial score (nSPS) is 16.4. The van der Waals surface area contributed by atoms with Crippen LogP contribution in [0.3, 0.4) is 0 Å². The summed E-state index contributed by atoms with van der Waals surface area (Å²) < 4.78 is 0. The molecule has 30 heavy (non-hydrogen) atoms. The number of rotatable bonds is 4. The molecule has 1 aliphatic rings. The molecule has 2 heterocycles. The molecule has 0 bridgehead atoms. The second-order valence-electron chi connectivity index (χ2n) is 7.34. The fraction of sp³-hybridized carbons (Fsp3) is 0.318. The van der Waals surface area contributed by atoms with E-state index in [9.17, 15) is 9.59 Å².